The van der Waals surface area contributed by atoms with Gasteiger partial charge in [0.2, 0.25) is 0 Å². The van der Waals surface area contributed by atoms with Crippen molar-refractivity contribution in [1.29, 1.82) is 0 Å². The van der Waals surface area contributed by atoms with Gasteiger partial charge in [-0.3, -0.25) is 9.69 Å². The van der Waals surface area contributed by atoms with E-state index in [1.54, 1.807) is 0 Å². The summed E-state index contributed by atoms with van der Waals surface area (Å²) in [6.45, 7) is 8.54. The highest BCUT2D eigenvalue weighted by Crippen LogP contribution is 2.25. The maximum atomic E-state index is 11.7. The lowest BCUT2D eigenvalue weighted by molar-refractivity contribution is -0.139. The molecule has 110 valence electrons. The molecule has 0 heterocycles. The highest BCUT2D eigenvalue weighted by Gasteiger charge is 2.34. The number of hydrogen-bond acceptors (Lipinski definition) is 3. The summed E-state index contributed by atoms with van der Waals surface area (Å²) in [7, 11) is 0. The van der Waals surface area contributed by atoms with Crippen molar-refractivity contribution in [3.63, 3.8) is 0 Å². The normalized spacial score (nSPS) is 22.8. The molecule has 0 radical (unpaired) electrons. The van der Waals surface area contributed by atoms with Crippen LogP contribution in [0.2, 0.25) is 0 Å². The van der Waals surface area contributed by atoms with Crippen molar-refractivity contribution in [2.45, 2.75) is 58.2 Å². The molecule has 19 heavy (non-hydrogen) atoms. The molecule has 1 aliphatic rings. The van der Waals surface area contributed by atoms with Crippen LogP contribution >= 0.6 is 0 Å². The van der Waals surface area contributed by atoms with Crippen LogP contribution in [-0.4, -0.2) is 52.7 Å². The van der Waals surface area contributed by atoms with E-state index in [0.717, 1.165) is 19.4 Å². The van der Waals surface area contributed by atoms with Crippen molar-refractivity contribution >= 4 is 12.0 Å². The van der Waals surface area contributed by atoms with Gasteiger partial charge in [-0.15, -0.1) is 0 Å². The van der Waals surface area contributed by atoms with Crippen molar-refractivity contribution in [1.82, 2.24) is 15.5 Å². The summed E-state index contributed by atoms with van der Waals surface area (Å²) in [4.78, 5) is 24.3. The van der Waals surface area contributed by atoms with E-state index < -0.39 is 5.97 Å². The van der Waals surface area contributed by atoms with E-state index in [-0.39, 0.29) is 30.2 Å². The van der Waals surface area contributed by atoms with Gasteiger partial charge in [0.15, 0.2) is 0 Å². The first-order chi connectivity index (χ1) is 8.71. The Morgan fingerprint density at radius 1 is 1.32 bits per heavy atom. The number of rotatable bonds is 5. The number of carboxylic acid groups (broad SMARTS) is 1. The largest absolute Gasteiger partial charge is 0.480 e. The van der Waals surface area contributed by atoms with E-state index in [2.05, 4.69) is 10.6 Å². The van der Waals surface area contributed by atoms with Gasteiger partial charge in [0.1, 0.15) is 0 Å². The Bertz CT molecular complexity index is 333. The van der Waals surface area contributed by atoms with Gasteiger partial charge in [0.25, 0.3) is 0 Å². The van der Waals surface area contributed by atoms with Crippen LogP contribution in [0.5, 0.6) is 0 Å². The molecule has 0 bridgehead atoms. The maximum absolute atomic E-state index is 11.7. The second-order valence-electron chi connectivity index (χ2n) is 6.13. The Balaban J connectivity index is 2.29. The molecule has 0 aliphatic heterocycles. The predicted octanol–water partition coefficient (Wildman–Crippen LogP) is 1.02. The summed E-state index contributed by atoms with van der Waals surface area (Å²) in [5.74, 6) is -0.802. The van der Waals surface area contributed by atoms with Crippen LogP contribution in [-0.2, 0) is 4.79 Å². The fourth-order valence-electron chi connectivity index (χ4n) is 2.24. The summed E-state index contributed by atoms with van der Waals surface area (Å²) < 4.78 is 0. The van der Waals surface area contributed by atoms with Gasteiger partial charge in [0, 0.05) is 17.6 Å². The zero-order valence-corrected chi connectivity index (χ0v) is 12.2. The average Bonchev–Trinajstić information content (AvgIpc) is 2.17. The van der Waals surface area contributed by atoms with Gasteiger partial charge in [-0.1, -0.05) is 6.92 Å². The molecule has 0 atom stereocenters. The number of hydrogen-bond donors (Lipinski definition) is 3. The van der Waals surface area contributed by atoms with E-state index in [1.165, 1.54) is 0 Å². The molecular formula is C13H25N3O3. The second-order valence-corrected chi connectivity index (χ2v) is 6.13. The molecule has 1 fully saturated rings. The highest BCUT2D eigenvalue weighted by molar-refractivity contribution is 5.75. The molecule has 0 aromatic heterocycles. The standard InChI is InChI=1S/C13H25N3O3/c1-5-16(8-11(17)18)10-6-9(7-10)14-12(19)15-13(2,3)4/h9-10H,5-8H2,1-4H3,(H,17,18)(H2,14,15,19). The minimum atomic E-state index is -0.802. The first-order valence-electron chi connectivity index (χ1n) is 6.75. The molecule has 6 heteroatoms. The van der Waals surface area contributed by atoms with E-state index in [9.17, 15) is 9.59 Å². The Morgan fingerprint density at radius 2 is 1.89 bits per heavy atom. The molecule has 3 N–H and O–H groups in total. The van der Waals surface area contributed by atoms with Crippen molar-refractivity contribution in [2.24, 2.45) is 0 Å². The molecule has 6 nitrogen and oxygen atoms in total. The van der Waals surface area contributed by atoms with Gasteiger partial charge in [0.05, 0.1) is 6.54 Å². The SMILES string of the molecule is CCN(CC(=O)O)C1CC(NC(=O)NC(C)(C)C)C1. The monoisotopic (exact) mass is 271 g/mol. The molecule has 0 spiro atoms. The smallest absolute Gasteiger partial charge is 0.317 e. The van der Waals surface area contributed by atoms with E-state index >= 15 is 0 Å². The number of nitrogens with zero attached hydrogens (tertiary/aromatic N) is 1. The number of amides is 2. The van der Waals surface area contributed by atoms with Crippen LogP contribution in [0.25, 0.3) is 0 Å². The molecule has 1 aliphatic carbocycles. The minimum absolute atomic E-state index is 0.0715. The van der Waals surface area contributed by atoms with Crippen molar-refractivity contribution in [2.75, 3.05) is 13.1 Å². The van der Waals surface area contributed by atoms with Crippen molar-refractivity contribution < 1.29 is 14.7 Å². The summed E-state index contributed by atoms with van der Waals surface area (Å²) >= 11 is 0. The van der Waals surface area contributed by atoms with Crippen LogP contribution in [0, 0.1) is 0 Å². The Kier molecular flexibility index (Phi) is 5.17. The fraction of sp³-hybridized carbons (Fsp3) is 0.846. The molecular weight excluding hydrogens is 246 g/mol. The van der Waals surface area contributed by atoms with Gasteiger partial charge >= 0.3 is 12.0 Å². The first kappa shape index (κ1) is 15.8. The molecule has 0 saturated heterocycles. The molecule has 0 aromatic rings. The Morgan fingerprint density at radius 3 is 2.32 bits per heavy atom. The molecule has 0 aromatic carbocycles. The molecule has 1 rings (SSSR count). The lowest BCUT2D eigenvalue weighted by atomic mass is 9.85. The van der Waals surface area contributed by atoms with Crippen LogP contribution in [0.1, 0.15) is 40.5 Å². The van der Waals surface area contributed by atoms with Crippen LogP contribution < -0.4 is 10.6 Å². The average molecular weight is 271 g/mol. The summed E-state index contributed by atoms with van der Waals surface area (Å²) in [5.41, 5.74) is -0.244. The van der Waals surface area contributed by atoms with Gasteiger partial charge in [-0.25, -0.2) is 4.79 Å². The van der Waals surface area contributed by atoms with E-state index in [4.69, 9.17) is 5.11 Å². The Hall–Kier alpha value is -1.30. The zero-order valence-electron chi connectivity index (χ0n) is 12.2. The summed E-state index contributed by atoms with van der Waals surface area (Å²) in [5, 5.41) is 14.6. The lowest BCUT2D eigenvalue weighted by Crippen LogP contribution is -2.58. The zero-order chi connectivity index (χ0) is 14.6. The first-order valence-corrected chi connectivity index (χ1v) is 6.75. The van der Waals surface area contributed by atoms with E-state index in [1.807, 2.05) is 32.6 Å². The third kappa shape index (κ3) is 5.46. The van der Waals surface area contributed by atoms with Crippen molar-refractivity contribution in [3.05, 3.63) is 0 Å². The maximum Gasteiger partial charge on any atom is 0.317 e. The number of carbonyl (C=O) groups excluding carboxylic acids is 1. The third-order valence-electron chi connectivity index (χ3n) is 3.20. The van der Waals surface area contributed by atoms with Crippen LogP contribution in [0.15, 0.2) is 0 Å². The topological polar surface area (TPSA) is 81.7 Å². The van der Waals surface area contributed by atoms with Crippen molar-refractivity contribution in [3.8, 4) is 0 Å². The van der Waals surface area contributed by atoms with Crippen LogP contribution in [0.4, 0.5) is 4.79 Å². The number of likely N-dealkylation sites (N-methyl/N-ethyl adjacent to an activating group) is 1. The van der Waals surface area contributed by atoms with Crippen LogP contribution in [0.3, 0.4) is 0 Å². The summed E-state index contributed by atoms with van der Waals surface area (Å²) in [6, 6.07) is 0.258. The van der Waals surface area contributed by atoms with Gasteiger partial charge in [-0.2, -0.15) is 0 Å². The summed E-state index contributed by atoms with van der Waals surface area (Å²) in [6.07, 6.45) is 1.64. The van der Waals surface area contributed by atoms with Gasteiger partial charge < -0.3 is 15.7 Å². The third-order valence-corrected chi connectivity index (χ3v) is 3.20. The highest BCUT2D eigenvalue weighted by atomic mass is 16.4. The molecule has 2 amide bonds. The minimum Gasteiger partial charge on any atom is -0.480 e. The number of nitrogens with one attached hydrogen (secondary N) is 2. The number of carbonyl (C=O) groups is 2. The quantitative estimate of drug-likeness (QED) is 0.697. The number of aliphatic carboxylic acids is 1. The number of urea groups is 1. The van der Waals surface area contributed by atoms with E-state index in [0.29, 0.717) is 0 Å². The number of carboxylic acids is 1. The van der Waals surface area contributed by atoms with Gasteiger partial charge in [-0.05, 0) is 40.2 Å². The predicted molar refractivity (Wildman–Crippen MR) is 73.1 cm³/mol. The molecule has 1 saturated carbocycles. The second kappa shape index (κ2) is 6.23. The fourth-order valence-corrected chi connectivity index (χ4v) is 2.24. The molecule has 0 unspecified atom stereocenters. The Labute approximate surface area is 114 Å². The lowest BCUT2D eigenvalue weighted by Gasteiger charge is -2.42.